The van der Waals surface area contributed by atoms with Crippen LogP contribution in [-0.4, -0.2) is 26.1 Å². The minimum atomic E-state index is -3.84. The van der Waals surface area contributed by atoms with E-state index in [4.69, 9.17) is 13.1 Å². The largest absolute Gasteiger partial charge is 0.349 e. The number of nitriles is 1. The molecule has 0 spiro atoms. The van der Waals surface area contributed by atoms with Crippen LogP contribution in [0.2, 0.25) is 0 Å². The van der Waals surface area contributed by atoms with Gasteiger partial charge in [0, 0.05) is 6.20 Å². The lowest BCUT2D eigenvalue weighted by Crippen LogP contribution is -2.34. The molecule has 2 aromatic rings. The lowest BCUT2D eigenvalue weighted by Gasteiger charge is -2.26. The van der Waals surface area contributed by atoms with Crippen LogP contribution in [0, 0.1) is 23.0 Å². The second kappa shape index (κ2) is 7.63. The van der Waals surface area contributed by atoms with Crippen molar-refractivity contribution in [1.29, 1.82) is 5.26 Å². The summed E-state index contributed by atoms with van der Waals surface area (Å²) in [6, 6.07) is 5.28. The smallest absolute Gasteiger partial charge is 0.289 e. The molecular weight excluding hydrogens is 389 g/mol. The third-order valence-electron chi connectivity index (χ3n) is 4.46. The van der Waals surface area contributed by atoms with E-state index in [0.717, 1.165) is 23.3 Å². The van der Waals surface area contributed by atoms with E-state index in [2.05, 4.69) is 10.0 Å². The molecule has 0 amide bonds. The van der Waals surface area contributed by atoms with Crippen LogP contribution >= 0.6 is 0 Å². The van der Waals surface area contributed by atoms with Crippen molar-refractivity contribution in [2.45, 2.75) is 31.1 Å². The van der Waals surface area contributed by atoms with E-state index in [1.54, 1.807) is 6.07 Å². The Kier molecular flexibility index (Phi) is 5.42. The van der Waals surface area contributed by atoms with Crippen LogP contribution in [0.1, 0.15) is 19.3 Å². The highest BCUT2D eigenvalue weighted by Crippen LogP contribution is 2.32. The van der Waals surface area contributed by atoms with Crippen molar-refractivity contribution >= 4 is 40.4 Å². The van der Waals surface area contributed by atoms with Crippen LogP contribution in [0.5, 0.6) is 0 Å². The van der Waals surface area contributed by atoms with Crippen LogP contribution in [0.3, 0.4) is 0 Å². The number of rotatable bonds is 6. The maximum atomic E-state index is 14.7. The number of hydrogen-bond donors (Lipinski definition) is 2. The van der Waals surface area contributed by atoms with Crippen LogP contribution in [0.15, 0.2) is 29.2 Å². The lowest BCUT2D eigenvalue weighted by atomic mass is 9.96. The first-order chi connectivity index (χ1) is 13.2. The predicted octanol–water partition coefficient (Wildman–Crippen LogP) is 1.48. The summed E-state index contributed by atoms with van der Waals surface area (Å²) in [5, 5.41) is 10.6. The van der Waals surface area contributed by atoms with Gasteiger partial charge in [0.15, 0.2) is 0 Å². The summed E-state index contributed by atoms with van der Waals surface area (Å²) in [5.41, 5.74) is -2.04. The van der Waals surface area contributed by atoms with Crippen LogP contribution < -0.4 is 21.1 Å². The molecule has 1 aliphatic carbocycles. The SMILES string of the molecule is [B]c1ccc(Nc2c(NS(=O)(=O)C3CCC3)cn(CC#N)c(=O)c2F)c(F)c1. The first-order valence-electron chi connectivity index (χ1n) is 8.36. The number of halogens is 2. The summed E-state index contributed by atoms with van der Waals surface area (Å²) in [4.78, 5) is 12.1. The van der Waals surface area contributed by atoms with Gasteiger partial charge in [-0.05, 0) is 25.0 Å². The lowest BCUT2D eigenvalue weighted by molar-refractivity contribution is 0.479. The van der Waals surface area contributed by atoms with E-state index in [1.165, 1.54) is 12.1 Å². The number of aromatic nitrogens is 1. The normalized spacial score (nSPS) is 14.2. The third kappa shape index (κ3) is 3.87. The Morgan fingerprint density at radius 1 is 1.29 bits per heavy atom. The maximum absolute atomic E-state index is 14.7. The number of nitrogens with zero attached hydrogens (tertiary/aromatic N) is 2. The van der Waals surface area contributed by atoms with Crippen molar-refractivity contribution in [3.63, 3.8) is 0 Å². The van der Waals surface area contributed by atoms with Gasteiger partial charge in [-0.1, -0.05) is 17.9 Å². The van der Waals surface area contributed by atoms with Crippen LogP contribution in [-0.2, 0) is 16.6 Å². The Balaban J connectivity index is 2.09. The van der Waals surface area contributed by atoms with E-state index in [0.29, 0.717) is 12.8 Å². The molecule has 1 heterocycles. The number of benzene rings is 1. The van der Waals surface area contributed by atoms with Gasteiger partial charge in [0.25, 0.3) is 5.56 Å². The maximum Gasteiger partial charge on any atom is 0.289 e. The van der Waals surface area contributed by atoms with E-state index in [9.17, 15) is 22.0 Å². The number of hydrogen-bond acceptors (Lipinski definition) is 5. The Bertz CT molecular complexity index is 1120. The zero-order valence-corrected chi connectivity index (χ0v) is 15.4. The summed E-state index contributed by atoms with van der Waals surface area (Å²) in [6.07, 6.45) is 2.70. The molecule has 0 atom stereocenters. The Hall–Kier alpha value is -2.87. The Labute approximate surface area is 161 Å². The van der Waals surface area contributed by atoms with E-state index >= 15 is 0 Å². The second-order valence-electron chi connectivity index (χ2n) is 6.39. The molecule has 0 unspecified atom stereocenters. The van der Waals surface area contributed by atoms with Crippen molar-refractivity contribution in [3.05, 3.63) is 46.4 Å². The van der Waals surface area contributed by atoms with Gasteiger partial charge in [-0.3, -0.25) is 14.1 Å². The minimum absolute atomic E-state index is 0.138. The van der Waals surface area contributed by atoms with E-state index in [-0.39, 0.29) is 16.8 Å². The molecule has 2 radical (unpaired) electrons. The topological polar surface area (TPSA) is 104 Å². The van der Waals surface area contributed by atoms with Gasteiger partial charge < -0.3 is 5.32 Å². The second-order valence-corrected chi connectivity index (χ2v) is 8.35. The molecule has 11 heteroatoms. The van der Waals surface area contributed by atoms with Gasteiger partial charge in [0.05, 0.1) is 22.7 Å². The van der Waals surface area contributed by atoms with Gasteiger partial charge in [-0.15, -0.1) is 0 Å². The first-order valence-corrected chi connectivity index (χ1v) is 9.91. The summed E-state index contributed by atoms with van der Waals surface area (Å²) in [5.74, 6) is -2.16. The molecule has 28 heavy (non-hydrogen) atoms. The summed E-state index contributed by atoms with van der Waals surface area (Å²) >= 11 is 0. The molecule has 2 N–H and O–H groups in total. The molecule has 1 aliphatic rings. The number of pyridine rings is 1. The molecule has 0 saturated heterocycles. The fourth-order valence-electron chi connectivity index (χ4n) is 2.71. The predicted molar refractivity (Wildman–Crippen MR) is 102 cm³/mol. The average Bonchev–Trinajstić information content (AvgIpc) is 2.55. The van der Waals surface area contributed by atoms with Gasteiger partial charge in [-0.2, -0.15) is 9.65 Å². The summed E-state index contributed by atoms with van der Waals surface area (Å²) < 4.78 is 56.7. The van der Waals surface area contributed by atoms with Gasteiger partial charge in [0.1, 0.15) is 25.9 Å². The highest BCUT2D eigenvalue weighted by atomic mass is 32.2. The molecule has 1 aromatic carbocycles. The molecule has 0 bridgehead atoms. The number of nitrogens with one attached hydrogen (secondary N) is 2. The molecule has 144 valence electrons. The zero-order valence-electron chi connectivity index (χ0n) is 14.6. The molecule has 0 aliphatic heterocycles. The minimum Gasteiger partial charge on any atom is -0.349 e. The highest BCUT2D eigenvalue weighted by molar-refractivity contribution is 7.93. The number of sulfonamides is 1. The van der Waals surface area contributed by atoms with Crippen molar-refractivity contribution in [2.24, 2.45) is 0 Å². The fraction of sp³-hybridized carbons (Fsp3) is 0.294. The standard InChI is InChI=1S/C17H15BF2N4O3S/c18-10-4-5-13(12(19)8-10)22-16-14(23-28(26,27)11-2-1-3-11)9-24(7-6-21)17(25)15(16)20/h4-5,8-9,11,22-23H,1-3,7H2. The summed E-state index contributed by atoms with van der Waals surface area (Å²) in [7, 11) is 1.64. The van der Waals surface area contributed by atoms with Gasteiger partial charge in [0.2, 0.25) is 15.8 Å². The Morgan fingerprint density at radius 2 is 2.00 bits per heavy atom. The van der Waals surface area contributed by atoms with Crippen LogP contribution in [0.4, 0.5) is 25.8 Å². The molecule has 1 saturated carbocycles. The van der Waals surface area contributed by atoms with Gasteiger partial charge >= 0.3 is 0 Å². The van der Waals surface area contributed by atoms with Crippen molar-refractivity contribution < 1.29 is 17.2 Å². The Morgan fingerprint density at radius 3 is 2.57 bits per heavy atom. The van der Waals surface area contributed by atoms with Crippen molar-refractivity contribution in [1.82, 2.24) is 4.57 Å². The molecule has 1 aromatic heterocycles. The quantitative estimate of drug-likeness (QED) is 0.710. The average molecular weight is 404 g/mol. The monoisotopic (exact) mass is 404 g/mol. The molecule has 3 rings (SSSR count). The van der Waals surface area contributed by atoms with Crippen LogP contribution in [0.25, 0.3) is 0 Å². The third-order valence-corrected chi connectivity index (χ3v) is 6.31. The number of anilines is 3. The van der Waals surface area contributed by atoms with E-state index in [1.807, 2.05) is 0 Å². The van der Waals surface area contributed by atoms with Crippen molar-refractivity contribution in [2.75, 3.05) is 10.0 Å². The fourth-order valence-corrected chi connectivity index (χ4v) is 4.29. The van der Waals surface area contributed by atoms with Crippen molar-refractivity contribution in [3.8, 4) is 6.07 Å². The van der Waals surface area contributed by atoms with Gasteiger partial charge in [-0.25, -0.2) is 12.8 Å². The summed E-state index contributed by atoms with van der Waals surface area (Å²) in [6.45, 7) is -0.482. The molecule has 1 fully saturated rings. The highest BCUT2D eigenvalue weighted by Gasteiger charge is 2.32. The molecule has 7 nitrogen and oxygen atoms in total. The zero-order chi connectivity index (χ0) is 20.5. The molecular formula is C17H15BF2N4O3S. The van der Waals surface area contributed by atoms with E-state index < -0.39 is 44.7 Å². The first kappa shape index (κ1) is 19.9.